The van der Waals surface area contributed by atoms with Crippen LogP contribution in [0.3, 0.4) is 0 Å². The molecule has 0 saturated carbocycles. The quantitative estimate of drug-likeness (QED) is 0.0884. The van der Waals surface area contributed by atoms with E-state index in [1.807, 2.05) is 0 Å². The van der Waals surface area contributed by atoms with Crippen LogP contribution in [-0.2, 0) is 0 Å². The lowest BCUT2D eigenvalue weighted by atomic mass is 9.84. The molecule has 0 fully saturated rings. The van der Waals surface area contributed by atoms with Gasteiger partial charge in [-0.3, -0.25) is 0 Å². The van der Waals surface area contributed by atoms with Crippen molar-refractivity contribution in [3.8, 4) is 44.5 Å². The Bertz CT molecular complexity index is 3660. The molecule has 12 aromatic rings. The van der Waals surface area contributed by atoms with Gasteiger partial charge in [0.25, 0.3) is 0 Å². The van der Waals surface area contributed by atoms with Crippen molar-refractivity contribution in [2.75, 3.05) is 0 Å². The molecule has 0 radical (unpaired) electrons. The van der Waals surface area contributed by atoms with E-state index in [2.05, 4.69) is 257 Å². The Labute approximate surface area is 387 Å². The van der Waals surface area contributed by atoms with Crippen LogP contribution in [0.5, 0.6) is 0 Å². The van der Waals surface area contributed by atoms with Crippen molar-refractivity contribution < 1.29 is 4.42 Å². The van der Waals surface area contributed by atoms with Crippen LogP contribution in [0.1, 0.15) is 20.8 Å². The maximum absolute atomic E-state index is 6.85. The van der Waals surface area contributed by atoms with Gasteiger partial charge in [-0.15, -0.1) is 0 Å². The van der Waals surface area contributed by atoms with Crippen LogP contribution >= 0.6 is 0 Å². The van der Waals surface area contributed by atoms with Crippen molar-refractivity contribution in [3.63, 3.8) is 0 Å². The average Bonchev–Trinajstić information content (AvgIpc) is 3.75. The highest BCUT2D eigenvalue weighted by Crippen LogP contribution is 2.47. The molecular weight excluding hydrogens is 813 g/mol. The molecule has 0 spiro atoms. The highest BCUT2D eigenvalue weighted by atomic mass is 28.3. The summed E-state index contributed by atoms with van der Waals surface area (Å²) in [6, 6.07) is 87.6. The summed E-state index contributed by atoms with van der Waals surface area (Å²) < 4.78 is 6.85. The van der Waals surface area contributed by atoms with E-state index in [0.717, 1.165) is 33.1 Å². The van der Waals surface area contributed by atoms with Crippen LogP contribution in [0.4, 0.5) is 0 Å². The predicted octanol–water partition coefficient (Wildman–Crippen LogP) is 16.0. The highest BCUT2D eigenvalue weighted by Gasteiger charge is 2.49. The first kappa shape index (κ1) is 39.8. The zero-order chi connectivity index (χ0) is 44.4. The van der Waals surface area contributed by atoms with Gasteiger partial charge in [0.1, 0.15) is 11.2 Å². The van der Waals surface area contributed by atoms with Crippen molar-refractivity contribution in [1.82, 2.24) is 0 Å². The molecule has 0 aliphatic carbocycles. The van der Waals surface area contributed by atoms with Gasteiger partial charge in [-0.25, -0.2) is 0 Å². The van der Waals surface area contributed by atoms with Crippen LogP contribution in [-0.4, -0.2) is 8.07 Å². The number of fused-ring (bicyclic) bond motifs is 6. The standard InChI is InChI=1S/C64H48OSi/c1-64(2,3)66(48-21-6-4-7-22-48,49-23-8-5-9-24-49)50-39-37-45(38-40-50)58-41-47(42-59-53-26-16-17-32-60(53)65-63(58)59)62-56-29-14-12-27-54(56)61(55-28-13-15-30-57(55)62)46-35-33-44(34-36-46)52-31-18-20-43-19-10-11-25-51(43)52/h4-42H,1-3H3. The second-order valence-corrected chi connectivity index (χ2v) is 23.5. The van der Waals surface area contributed by atoms with E-state index in [1.165, 1.54) is 81.3 Å². The molecule has 0 saturated heterocycles. The third-order valence-electron chi connectivity index (χ3n) is 14.1. The first-order valence-electron chi connectivity index (χ1n) is 23.1. The Balaban J connectivity index is 1.06. The van der Waals surface area contributed by atoms with Gasteiger partial charge in [-0.1, -0.05) is 239 Å². The third-order valence-corrected chi connectivity index (χ3v) is 20.0. The number of para-hydroxylation sites is 1. The van der Waals surface area contributed by atoms with E-state index in [-0.39, 0.29) is 5.04 Å². The minimum atomic E-state index is -2.54. The zero-order valence-corrected chi connectivity index (χ0v) is 38.4. The molecule has 1 heterocycles. The van der Waals surface area contributed by atoms with Crippen LogP contribution in [0.15, 0.2) is 241 Å². The molecule has 0 aliphatic rings. The van der Waals surface area contributed by atoms with Crippen molar-refractivity contribution in [2.45, 2.75) is 25.8 Å². The van der Waals surface area contributed by atoms with E-state index in [9.17, 15) is 0 Å². The first-order chi connectivity index (χ1) is 32.4. The van der Waals surface area contributed by atoms with Crippen molar-refractivity contribution in [3.05, 3.63) is 237 Å². The van der Waals surface area contributed by atoms with Gasteiger partial charge in [0, 0.05) is 16.3 Å². The Morgan fingerprint density at radius 3 is 1.35 bits per heavy atom. The molecule has 0 atom stereocenters. The molecule has 2 heteroatoms. The number of hydrogen-bond donors (Lipinski definition) is 0. The number of furan rings is 1. The molecule has 0 amide bonds. The Morgan fingerprint density at radius 1 is 0.318 bits per heavy atom. The number of benzene rings is 11. The lowest BCUT2D eigenvalue weighted by Gasteiger charge is -2.44. The van der Waals surface area contributed by atoms with Gasteiger partial charge in [0.2, 0.25) is 0 Å². The highest BCUT2D eigenvalue weighted by molar-refractivity contribution is 7.13. The van der Waals surface area contributed by atoms with E-state index in [0.29, 0.717) is 0 Å². The topological polar surface area (TPSA) is 13.1 Å². The van der Waals surface area contributed by atoms with Gasteiger partial charge in [-0.2, -0.15) is 0 Å². The normalized spacial score (nSPS) is 12.2. The Hall–Kier alpha value is -7.78. The molecular formula is C64H48OSi. The molecule has 0 aliphatic heterocycles. The molecule has 1 aromatic heterocycles. The smallest absolute Gasteiger partial charge is 0.153 e. The minimum absolute atomic E-state index is 0.0176. The summed E-state index contributed by atoms with van der Waals surface area (Å²) in [5.41, 5.74) is 11.4. The Morgan fingerprint density at radius 2 is 0.758 bits per heavy atom. The van der Waals surface area contributed by atoms with E-state index >= 15 is 0 Å². The maximum atomic E-state index is 6.85. The average molecular weight is 861 g/mol. The summed E-state index contributed by atoms with van der Waals surface area (Å²) in [6.45, 7) is 7.28. The van der Waals surface area contributed by atoms with Crippen molar-refractivity contribution >= 4 is 77.9 Å². The number of hydrogen-bond acceptors (Lipinski definition) is 1. The molecule has 11 aromatic carbocycles. The maximum Gasteiger partial charge on any atom is 0.153 e. The van der Waals surface area contributed by atoms with Crippen LogP contribution in [0.25, 0.3) is 98.8 Å². The molecule has 66 heavy (non-hydrogen) atoms. The number of rotatable bonds is 7. The largest absolute Gasteiger partial charge is 0.455 e. The predicted molar refractivity (Wildman–Crippen MR) is 285 cm³/mol. The fourth-order valence-corrected chi connectivity index (χ4v) is 17.0. The van der Waals surface area contributed by atoms with Crippen molar-refractivity contribution in [1.29, 1.82) is 0 Å². The van der Waals surface area contributed by atoms with Gasteiger partial charge in [0.15, 0.2) is 8.07 Å². The van der Waals surface area contributed by atoms with E-state index < -0.39 is 8.07 Å². The van der Waals surface area contributed by atoms with Crippen LogP contribution < -0.4 is 15.6 Å². The fourth-order valence-electron chi connectivity index (χ4n) is 11.3. The molecule has 0 N–H and O–H groups in total. The van der Waals surface area contributed by atoms with Gasteiger partial charge < -0.3 is 4.42 Å². The summed E-state index contributed by atoms with van der Waals surface area (Å²) in [5, 5.41) is 13.9. The molecule has 1 nitrogen and oxygen atoms in total. The summed E-state index contributed by atoms with van der Waals surface area (Å²) in [7, 11) is -2.54. The molecule has 314 valence electrons. The second kappa shape index (κ2) is 15.7. The lowest BCUT2D eigenvalue weighted by Crippen LogP contribution is -2.72. The lowest BCUT2D eigenvalue weighted by molar-refractivity contribution is 0.670. The molecule has 12 rings (SSSR count). The zero-order valence-electron chi connectivity index (χ0n) is 37.4. The van der Waals surface area contributed by atoms with E-state index in [4.69, 9.17) is 4.42 Å². The third kappa shape index (κ3) is 6.28. The van der Waals surface area contributed by atoms with Crippen LogP contribution in [0.2, 0.25) is 5.04 Å². The van der Waals surface area contributed by atoms with Crippen molar-refractivity contribution in [2.24, 2.45) is 0 Å². The fraction of sp³-hybridized carbons (Fsp3) is 0.0625. The van der Waals surface area contributed by atoms with Gasteiger partial charge >= 0.3 is 0 Å². The molecule has 0 unspecified atom stereocenters. The Kier molecular flexibility index (Phi) is 9.48. The van der Waals surface area contributed by atoms with Crippen LogP contribution in [0, 0.1) is 0 Å². The SMILES string of the molecule is CC(C)(C)[Si](c1ccccc1)(c1ccccc1)c1ccc(-c2cc(-c3c4ccccc4c(-c4ccc(-c5cccc6ccccc56)cc4)c4ccccc34)cc3c2oc2ccccc23)cc1. The van der Waals surface area contributed by atoms with E-state index in [1.54, 1.807) is 0 Å². The summed E-state index contributed by atoms with van der Waals surface area (Å²) in [4.78, 5) is 0. The van der Waals surface area contributed by atoms with Gasteiger partial charge in [-0.05, 0) is 110 Å². The first-order valence-corrected chi connectivity index (χ1v) is 25.1. The van der Waals surface area contributed by atoms with Gasteiger partial charge in [0.05, 0.1) is 0 Å². The second-order valence-electron chi connectivity index (χ2n) is 18.8. The monoisotopic (exact) mass is 860 g/mol. The summed E-state index contributed by atoms with van der Waals surface area (Å²) >= 11 is 0. The summed E-state index contributed by atoms with van der Waals surface area (Å²) in [5.74, 6) is 0. The summed E-state index contributed by atoms with van der Waals surface area (Å²) in [6.07, 6.45) is 0. The molecule has 0 bridgehead atoms. The minimum Gasteiger partial charge on any atom is -0.455 e.